The number of unbranched alkanes of at least 4 members (excludes halogenated alkanes) is 1. The summed E-state index contributed by atoms with van der Waals surface area (Å²) in [6.07, 6.45) is 1.81. The van der Waals surface area contributed by atoms with E-state index in [-0.39, 0.29) is 6.42 Å². The molecule has 2 atom stereocenters. The summed E-state index contributed by atoms with van der Waals surface area (Å²) in [6, 6.07) is 8.34. The Morgan fingerprint density at radius 3 is 2.48 bits per heavy atom. The first-order chi connectivity index (χ1) is 9.84. The lowest BCUT2D eigenvalue weighted by atomic mass is 10.1. The van der Waals surface area contributed by atoms with Gasteiger partial charge in [-0.05, 0) is 18.4 Å². The van der Waals surface area contributed by atoms with Crippen molar-refractivity contribution in [3.05, 3.63) is 35.9 Å². The summed E-state index contributed by atoms with van der Waals surface area (Å²) in [5, 5.41) is 1.01. The molecular formula is C14H22N2O4S. The third-order valence-corrected chi connectivity index (χ3v) is 4.19. The number of carbonyl (C=O) groups is 1. The van der Waals surface area contributed by atoms with Crippen molar-refractivity contribution in [3.63, 3.8) is 0 Å². The van der Waals surface area contributed by atoms with Gasteiger partial charge in [0.05, 0.1) is 6.04 Å². The minimum atomic E-state index is -4.33. The summed E-state index contributed by atoms with van der Waals surface area (Å²) in [4.78, 5) is 12.0. The van der Waals surface area contributed by atoms with Crippen LogP contribution in [0.4, 0.5) is 0 Å². The molecule has 0 aliphatic carbocycles. The average Bonchev–Trinajstić information content (AvgIpc) is 2.43. The van der Waals surface area contributed by atoms with E-state index in [0.29, 0.717) is 12.8 Å². The first-order valence-electron chi connectivity index (χ1n) is 6.90. The Morgan fingerprint density at radius 2 is 1.95 bits per heavy atom. The van der Waals surface area contributed by atoms with E-state index in [1.54, 1.807) is 0 Å². The number of nitrogens with one attached hydrogen (secondary N) is 1. The molecule has 0 aliphatic heterocycles. The van der Waals surface area contributed by atoms with Crippen LogP contribution in [0.2, 0.25) is 0 Å². The molecule has 0 bridgehead atoms. The van der Waals surface area contributed by atoms with Gasteiger partial charge in [-0.2, -0.15) is 8.42 Å². The first-order valence-corrected chi connectivity index (χ1v) is 8.41. The maximum Gasteiger partial charge on any atom is 0.286 e. The molecule has 1 unspecified atom stereocenters. The van der Waals surface area contributed by atoms with Crippen LogP contribution in [0.1, 0.15) is 31.7 Å². The minimum absolute atomic E-state index is 0.166. The van der Waals surface area contributed by atoms with E-state index < -0.39 is 27.4 Å². The molecule has 1 rings (SSSR count). The highest BCUT2D eigenvalue weighted by Crippen LogP contribution is 2.08. The highest BCUT2D eigenvalue weighted by Gasteiger charge is 2.26. The number of hydrogen-bond acceptors (Lipinski definition) is 4. The van der Waals surface area contributed by atoms with Crippen molar-refractivity contribution in [1.29, 1.82) is 0 Å². The fourth-order valence-corrected chi connectivity index (χ4v) is 2.64. The average molecular weight is 314 g/mol. The van der Waals surface area contributed by atoms with Gasteiger partial charge in [0.2, 0.25) is 5.91 Å². The van der Waals surface area contributed by atoms with Gasteiger partial charge in [-0.1, -0.05) is 50.1 Å². The van der Waals surface area contributed by atoms with Gasteiger partial charge in [0.15, 0.2) is 5.37 Å². The molecule has 6 nitrogen and oxygen atoms in total. The Kier molecular flexibility index (Phi) is 6.80. The van der Waals surface area contributed by atoms with E-state index in [1.165, 1.54) is 0 Å². The number of amides is 1. The smallest absolute Gasteiger partial charge is 0.286 e. The number of benzene rings is 1. The SMILES string of the molecule is CCCCC(NC(=O)[C@@H](N)Cc1ccccc1)S(=O)(=O)O. The zero-order valence-electron chi connectivity index (χ0n) is 12.0. The number of rotatable bonds is 8. The Balaban J connectivity index is 2.64. The maximum absolute atomic E-state index is 12.0. The molecule has 21 heavy (non-hydrogen) atoms. The van der Waals surface area contributed by atoms with E-state index in [2.05, 4.69) is 5.32 Å². The van der Waals surface area contributed by atoms with Crippen molar-refractivity contribution in [2.45, 2.75) is 44.0 Å². The van der Waals surface area contributed by atoms with Gasteiger partial charge in [0.25, 0.3) is 10.1 Å². The van der Waals surface area contributed by atoms with Gasteiger partial charge >= 0.3 is 0 Å². The van der Waals surface area contributed by atoms with Crippen molar-refractivity contribution in [1.82, 2.24) is 5.32 Å². The zero-order valence-corrected chi connectivity index (χ0v) is 12.8. The molecule has 118 valence electrons. The third kappa shape index (κ3) is 6.24. The van der Waals surface area contributed by atoms with E-state index in [0.717, 1.165) is 12.0 Å². The van der Waals surface area contributed by atoms with Gasteiger partial charge in [-0.3, -0.25) is 9.35 Å². The van der Waals surface area contributed by atoms with Crippen LogP contribution in [-0.4, -0.2) is 30.3 Å². The van der Waals surface area contributed by atoms with Crippen LogP contribution in [-0.2, 0) is 21.3 Å². The van der Waals surface area contributed by atoms with Gasteiger partial charge in [-0.25, -0.2) is 0 Å². The van der Waals surface area contributed by atoms with E-state index in [9.17, 15) is 13.2 Å². The summed E-state index contributed by atoms with van der Waals surface area (Å²) in [5.41, 5.74) is 6.67. The molecule has 0 radical (unpaired) electrons. The molecule has 4 N–H and O–H groups in total. The number of nitrogens with two attached hydrogens (primary N) is 1. The van der Waals surface area contributed by atoms with Crippen LogP contribution in [0.3, 0.4) is 0 Å². The summed E-state index contributed by atoms with van der Waals surface area (Å²) in [6.45, 7) is 1.89. The molecule has 0 spiro atoms. The monoisotopic (exact) mass is 314 g/mol. The molecule has 0 fully saturated rings. The first kappa shape index (κ1) is 17.6. The minimum Gasteiger partial charge on any atom is -0.336 e. The predicted molar refractivity (Wildman–Crippen MR) is 81.1 cm³/mol. The lowest BCUT2D eigenvalue weighted by Crippen LogP contribution is -2.49. The lowest BCUT2D eigenvalue weighted by Gasteiger charge is -2.18. The predicted octanol–water partition coefficient (Wildman–Crippen LogP) is 1.08. The summed E-state index contributed by atoms with van der Waals surface area (Å²) < 4.78 is 31.6. The van der Waals surface area contributed by atoms with Gasteiger partial charge in [0, 0.05) is 0 Å². The number of hydrogen-bond donors (Lipinski definition) is 3. The van der Waals surface area contributed by atoms with E-state index in [1.807, 2.05) is 37.3 Å². The van der Waals surface area contributed by atoms with Crippen LogP contribution in [0, 0.1) is 0 Å². The molecule has 1 aromatic rings. The second kappa shape index (κ2) is 8.11. The molecule has 0 heterocycles. The van der Waals surface area contributed by atoms with Crippen LogP contribution in [0.15, 0.2) is 30.3 Å². The van der Waals surface area contributed by atoms with Gasteiger partial charge in [0.1, 0.15) is 0 Å². The summed E-state index contributed by atoms with van der Waals surface area (Å²) >= 11 is 0. The third-order valence-electron chi connectivity index (χ3n) is 3.12. The van der Waals surface area contributed by atoms with Crippen molar-refractivity contribution < 1.29 is 17.8 Å². The molecule has 1 amide bonds. The Labute approximate surface area is 125 Å². The Bertz CT molecular complexity index is 545. The molecule has 0 saturated heterocycles. The fourth-order valence-electron chi connectivity index (χ4n) is 1.91. The second-order valence-corrected chi connectivity index (χ2v) is 6.55. The standard InChI is InChI=1S/C14H22N2O4S/c1-2-3-9-13(21(18,19)20)16-14(17)12(15)10-11-7-5-4-6-8-11/h4-8,12-13H,2-3,9-10,15H2,1H3,(H,16,17)(H,18,19,20)/t12-,13?/m0/s1. The van der Waals surface area contributed by atoms with Crippen molar-refractivity contribution in [2.24, 2.45) is 5.73 Å². The molecule has 0 aliphatic rings. The highest BCUT2D eigenvalue weighted by molar-refractivity contribution is 7.86. The fraction of sp³-hybridized carbons (Fsp3) is 0.500. The summed E-state index contributed by atoms with van der Waals surface area (Å²) in [5.74, 6) is -0.586. The molecule has 0 saturated carbocycles. The Morgan fingerprint density at radius 1 is 1.33 bits per heavy atom. The molecule has 7 heteroatoms. The quantitative estimate of drug-likeness (QED) is 0.622. The van der Waals surface area contributed by atoms with E-state index >= 15 is 0 Å². The van der Waals surface area contributed by atoms with Crippen LogP contribution < -0.4 is 11.1 Å². The molecular weight excluding hydrogens is 292 g/mol. The largest absolute Gasteiger partial charge is 0.336 e. The highest BCUT2D eigenvalue weighted by atomic mass is 32.2. The second-order valence-electron chi connectivity index (χ2n) is 4.95. The van der Waals surface area contributed by atoms with Gasteiger partial charge < -0.3 is 11.1 Å². The Hall–Kier alpha value is -1.44. The zero-order chi connectivity index (χ0) is 15.9. The van der Waals surface area contributed by atoms with E-state index in [4.69, 9.17) is 10.3 Å². The van der Waals surface area contributed by atoms with Crippen LogP contribution >= 0.6 is 0 Å². The molecule has 1 aromatic carbocycles. The van der Waals surface area contributed by atoms with Crippen molar-refractivity contribution in [2.75, 3.05) is 0 Å². The maximum atomic E-state index is 12.0. The van der Waals surface area contributed by atoms with Gasteiger partial charge in [-0.15, -0.1) is 0 Å². The summed E-state index contributed by atoms with van der Waals surface area (Å²) in [7, 11) is -4.33. The van der Waals surface area contributed by atoms with Crippen molar-refractivity contribution in [3.8, 4) is 0 Å². The lowest BCUT2D eigenvalue weighted by molar-refractivity contribution is -0.122. The normalized spacial score (nSPS) is 14.4. The van der Waals surface area contributed by atoms with Crippen LogP contribution in [0.25, 0.3) is 0 Å². The molecule has 0 aromatic heterocycles. The number of carbonyl (C=O) groups excluding carboxylic acids is 1. The van der Waals surface area contributed by atoms with Crippen LogP contribution in [0.5, 0.6) is 0 Å². The van der Waals surface area contributed by atoms with Crippen molar-refractivity contribution >= 4 is 16.0 Å². The topological polar surface area (TPSA) is 109 Å².